The molecule has 0 amide bonds. The molecular weight excluding hydrogens is 511 g/mol. The van der Waals surface area contributed by atoms with E-state index < -0.39 is 11.7 Å². The number of hydrogen-bond acceptors (Lipinski definition) is 3. The number of fused-ring (bicyclic) bond motifs is 1. The number of aromatic nitrogens is 2. The summed E-state index contributed by atoms with van der Waals surface area (Å²) in [5, 5.41) is 0. The van der Waals surface area contributed by atoms with Crippen LogP contribution >= 0.6 is 28.3 Å². The van der Waals surface area contributed by atoms with Crippen LogP contribution in [0.15, 0.2) is 21.4 Å². The van der Waals surface area contributed by atoms with E-state index in [0.717, 1.165) is 70.7 Å². The fraction of sp³-hybridized carbons (Fsp3) is 0.682. The summed E-state index contributed by atoms with van der Waals surface area (Å²) in [6, 6.07) is 2.99. The van der Waals surface area contributed by atoms with Crippen molar-refractivity contribution < 1.29 is 17.9 Å². The van der Waals surface area contributed by atoms with Crippen LogP contribution in [-0.2, 0) is 10.9 Å². The first-order valence-corrected chi connectivity index (χ1v) is 11.9. The molecule has 32 heavy (non-hydrogen) atoms. The average molecular weight is 541 g/mol. The van der Waals surface area contributed by atoms with Gasteiger partial charge in [0.15, 0.2) is 0 Å². The molecule has 1 aliphatic carbocycles. The normalized spacial score (nSPS) is 23.4. The number of alkyl halides is 3. The fourth-order valence-electron chi connectivity index (χ4n) is 5.10. The van der Waals surface area contributed by atoms with Gasteiger partial charge in [-0.2, -0.15) is 13.2 Å². The van der Waals surface area contributed by atoms with Gasteiger partial charge in [0.05, 0.1) is 22.7 Å². The fourth-order valence-corrected chi connectivity index (χ4v) is 5.65. The maximum absolute atomic E-state index is 13.2. The van der Waals surface area contributed by atoms with Gasteiger partial charge < -0.3 is 14.6 Å². The third-order valence-corrected chi connectivity index (χ3v) is 7.35. The second kappa shape index (κ2) is 10.5. The first-order valence-electron chi connectivity index (χ1n) is 11.1. The summed E-state index contributed by atoms with van der Waals surface area (Å²) < 4.78 is 47.1. The van der Waals surface area contributed by atoms with E-state index in [-0.39, 0.29) is 34.1 Å². The quantitative estimate of drug-likeness (QED) is 0.513. The first-order chi connectivity index (χ1) is 14.8. The maximum Gasteiger partial charge on any atom is 0.417 e. The van der Waals surface area contributed by atoms with Gasteiger partial charge in [0.25, 0.3) is 0 Å². The summed E-state index contributed by atoms with van der Waals surface area (Å²) in [4.78, 5) is 17.7. The average Bonchev–Trinajstić information content (AvgIpc) is 3.06. The van der Waals surface area contributed by atoms with Crippen molar-refractivity contribution >= 4 is 39.4 Å². The van der Waals surface area contributed by atoms with E-state index in [4.69, 9.17) is 4.74 Å². The Bertz CT molecular complexity index is 962. The van der Waals surface area contributed by atoms with Gasteiger partial charge >= 0.3 is 11.9 Å². The Kier molecular flexibility index (Phi) is 8.39. The predicted octanol–water partition coefficient (Wildman–Crippen LogP) is 5.91. The summed E-state index contributed by atoms with van der Waals surface area (Å²) in [7, 11) is 0. The number of halogens is 5. The molecule has 0 unspecified atom stereocenters. The smallest absolute Gasteiger partial charge is 0.378 e. The molecule has 1 aliphatic heterocycles. The van der Waals surface area contributed by atoms with Crippen molar-refractivity contribution in [2.45, 2.75) is 76.2 Å². The van der Waals surface area contributed by atoms with Crippen LogP contribution in [-0.4, -0.2) is 46.3 Å². The van der Waals surface area contributed by atoms with Gasteiger partial charge in [-0.15, -0.1) is 12.4 Å². The molecule has 0 spiro atoms. The second-order valence-corrected chi connectivity index (χ2v) is 9.57. The maximum atomic E-state index is 13.2. The van der Waals surface area contributed by atoms with Gasteiger partial charge in [0.2, 0.25) is 0 Å². The summed E-state index contributed by atoms with van der Waals surface area (Å²) in [5.74, 6) is 0. The molecule has 2 fully saturated rings. The molecule has 2 aromatic rings. The Morgan fingerprint density at radius 2 is 1.75 bits per heavy atom. The van der Waals surface area contributed by atoms with Gasteiger partial charge in [-0.25, -0.2) is 4.79 Å². The van der Waals surface area contributed by atoms with Crippen LogP contribution < -0.4 is 5.69 Å². The van der Waals surface area contributed by atoms with Gasteiger partial charge in [0.1, 0.15) is 0 Å². The standard InChI is InChI=1S/C22H29BrF3N3O2.ClH/c1-2-11-31-16-5-3-14(4-6-16)28-9-7-15(8-10-28)29-20-13-18(23)17(22(24,25)26)12-19(20)27-21(29)30;/h12-16H,2-11H2,1H3,(H,27,30);1H/t14-,16+;. The predicted molar refractivity (Wildman–Crippen MR) is 125 cm³/mol. The van der Waals surface area contributed by atoms with E-state index in [2.05, 4.69) is 32.7 Å². The van der Waals surface area contributed by atoms with Crippen LogP contribution in [0.4, 0.5) is 13.2 Å². The van der Waals surface area contributed by atoms with Gasteiger partial charge in [-0.05, 0) is 57.1 Å². The summed E-state index contributed by atoms with van der Waals surface area (Å²) in [6.45, 7) is 4.76. The van der Waals surface area contributed by atoms with Crippen LogP contribution in [0.2, 0.25) is 0 Å². The van der Waals surface area contributed by atoms with Crippen molar-refractivity contribution in [3.8, 4) is 0 Å². The number of nitrogens with zero attached hydrogens (tertiary/aromatic N) is 2. The molecule has 4 rings (SSSR count). The van der Waals surface area contributed by atoms with Crippen molar-refractivity contribution in [1.29, 1.82) is 0 Å². The summed E-state index contributed by atoms with van der Waals surface area (Å²) >= 11 is 3.03. The van der Waals surface area contributed by atoms with Crippen molar-refractivity contribution in [1.82, 2.24) is 14.5 Å². The molecule has 2 aliphatic rings. The molecular formula is C22H30BrClF3N3O2. The Morgan fingerprint density at radius 1 is 1.09 bits per heavy atom. The number of rotatable bonds is 5. The van der Waals surface area contributed by atoms with Crippen LogP contribution in [0.1, 0.15) is 63.5 Å². The van der Waals surface area contributed by atoms with Crippen molar-refractivity contribution in [3.63, 3.8) is 0 Å². The number of likely N-dealkylation sites (tertiary alicyclic amines) is 1. The molecule has 1 saturated heterocycles. The highest BCUT2D eigenvalue weighted by molar-refractivity contribution is 9.10. The molecule has 1 aromatic carbocycles. The van der Waals surface area contributed by atoms with Crippen LogP contribution in [0, 0.1) is 0 Å². The van der Waals surface area contributed by atoms with Crippen molar-refractivity contribution in [3.05, 3.63) is 32.7 Å². The third kappa shape index (κ3) is 5.37. The number of aromatic amines is 1. The van der Waals surface area contributed by atoms with Gasteiger partial charge in [-0.1, -0.05) is 22.9 Å². The lowest BCUT2D eigenvalue weighted by Gasteiger charge is -2.41. The zero-order valence-electron chi connectivity index (χ0n) is 18.1. The van der Waals surface area contributed by atoms with Crippen LogP contribution in [0.3, 0.4) is 0 Å². The number of piperidine rings is 1. The van der Waals surface area contributed by atoms with E-state index in [1.807, 2.05) is 0 Å². The minimum Gasteiger partial charge on any atom is -0.378 e. The molecule has 0 atom stereocenters. The van der Waals surface area contributed by atoms with Crippen LogP contribution in [0.25, 0.3) is 11.0 Å². The van der Waals surface area contributed by atoms with E-state index in [1.54, 1.807) is 4.57 Å². The molecule has 10 heteroatoms. The van der Waals surface area contributed by atoms with E-state index in [1.165, 1.54) is 6.07 Å². The Labute approximate surface area is 200 Å². The molecule has 0 bridgehead atoms. The number of ether oxygens (including phenoxy) is 1. The van der Waals surface area contributed by atoms with Crippen molar-refractivity contribution in [2.75, 3.05) is 19.7 Å². The van der Waals surface area contributed by atoms with Crippen LogP contribution in [0.5, 0.6) is 0 Å². The highest BCUT2D eigenvalue weighted by Gasteiger charge is 2.35. The monoisotopic (exact) mass is 539 g/mol. The Balaban J connectivity index is 0.00000289. The number of H-pyrrole nitrogens is 1. The van der Waals surface area contributed by atoms with Gasteiger partial charge in [-0.3, -0.25) is 4.57 Å². The molecule has 2 heterocycles. The zero-order valence-corrected chi connectivity index (χ0v) is 20.5. The number of imidazole rings is 1. The lowest BCUT2D eigenvalue weighted by molar-refractivity contribution is -0.138. The minimum absolute atomic E-state index is 0. The first kappa shape index (κ1) is 25.6. The highest BCUT2D eigenvalue weighted by Crippen LogP contribution is 2.38. The lowest BCUT2D eigenvalue weighted by atomic mass is 9.90. The molecule has 1 aromatic heterocycles. The summed E-state index contributed by atoms with van der Waals surface area (Å²) in [5.41, 5.74) is -0.361. The van der Waals surface area contributed by atoms with E-state index in [0.29, 0.717) is 17.7 Å². The third-order valence-electron chi connectivity index (χ3n) is 6.69. The number of hydrogen-bond donors (Lipinski definition) is 1. The highest BCUT2D eigenvalue weighted by atomic mass is 79.9. The number of benzene rings is 1. The lowest BCUT2D eigenvalue weighted by Crippen LogP contribution is -2.45. The molecule has 0 radical (unpaired) electrons. The van der Waals surface area contributed by atoms with E-state index in [9.17, 15) is 18.0 Å². The zero-order chi connectivity index (χ0) is 22.2. The number of nitrogens with one attached hydrogen (secondary N) is 1. The van der Waals surface area contributed by atoms with E-state index >= 15 is 0 Å². The topological polar surface area (TPSA) is 50.3 Å². The van der Waals surface area contributed by atoms with Crippen molar-refractivity contribution in [2.24, 2.45) is 0 Å². The molecule has 5 nitrogen and oxygen atoms in total. The molecule has 1 saturated carbocycles. The van der Waals surface area contributed by atoms with Gasteiger partial charge in [0, 0.05) is 36.3 Å². The molecule has 1 N–H and O–H groups in total. The summed E-state index contributed by atoms with van der Waals surface area (Å²) in [6.07, 6.45) is 3.07. The minimum atomic E-state index is -4.47. The SMILES string of the molecule is CCCO[C@H]1CC[C@@H](N2CCC(n3c(=O)[nH]c4cc(C(F)(F)F)c(Br)cc43)CC2)CC1.Cl. The Morgan fingerprint density at radius 3 is 2.34 bits per heavy atom. The Hall–Kier alpha value is -1.03. The molecule has 180 valence electrons. The largest absolute Gasteiger partial charge is 0.417 e. The second-order valence-electron chi connectivity index (χ2n) is 8.72.